The van der Waals surface area contributed by atoms with Crippen molar-refractivity contribution < 1.29 is 14.7 Å². The molecule has 4 heterocycles. The van der Waals surface area contributed by atoms with Crippen LogP contribution in [0.15, 0.2) is 55.2 Å². The Morgan fingerprint density at radius 3 is 2.38 bits per heavy atom. The van der Waals surface area contributed by atoms with Crippen LogP contribution in [0, 0.1) is 23.2 Å². The lowest BCUT2D eigenvalue weighted by atomic mass is 9.80. The van der Waals surface area contributed by atoms with Gasteiger partial charge in [-0.1, -0.05) is 79.2 Å². The number of pyridine rings is 2. The van der Waals surface area contributed by atoms with Gasteiger partial charge in [0.1, 0.15) is 11.7 Å². The van der Waals surface area contributed by atoms with Crippen molar-refractivity contribution >= 4 is 17.5 Å². The van der Waals surface area contributed by atoms with Gasteiger partial charge in [0, 0.05) is 55.6 Å². The zero-order valence-electron chi connectivity index (χ0n) is 34.0. The van der Waals surface area contributed by atoms with Crippen LogP contribution in [0.25, 0.3) is 16.9 Å². The fourth-order valence-corrected chi connectivity index (χ4v) is 8.18. The first-order valence-corrected chi connectivity index (χ1v) is 20.3. The molecule has 55 heavy (non-hydrogen) atoms. The maximum absolute atomic E-state index is 14.8. The molecule has 5 rings (SSSR count). The van der Waals surface area contributed by atoms with Crippen molar-refractivity contribution in [3.63, 3.8) is 0 Å². The summed E-state index contributed by atoms with van der Waals surface area (Å²) in [6, 6.07) is 7.12. The van der Waals surface area contributed by atoms with E-state index in [-0.39, 0.29) is 29.6 Å². The molecule has 12 nitrogen and oxygen atoms in total. The molecule has 1 aliphatic carbocycles. The van der Waals surface area contributed by atoms with Gasteiger partial charge in [0.2, 0.25) is 11.8 Å². The van der Waals surface area contributed by atoms with E-state index in [0.29, 0.717) is 43.2 Å². The van der Waals surface area contributed by atoms with Crippen LogP contribution >= 0.6 is 0 Å². The summed E-state index contributed by atoms with van der Waals surface area (Å²) in [6.45, 7) is 11.8. The van der Waals surface area contributed by atoms with Crippen molar-refractivity contribution in [2.24, 2.45) is 23.2 Å². The monoisotopic (exact) mass is 754 g/mol. The molecule has 0 saturated heterocycles. The Morgan fingerprint density at radius 2 is 1.75 bits per heavy atom. The second kappa shape index (κ2) is 19.5. The molecule has 12 heteroatoms. The van der Waals surface area contributed by atoms with Gasteiger partial charge in [-0.25, -0.2) is 4.98 Å². The maximum atomic E-state index is 14.8. The minimum absolute atomic E-state index is 0.00161. The van der Waals surface area contributed by atoms with Gasteiger partial charge in [-0.15, -0.1) is 10.2 Å². The van der Waals surface area contributed by atoms with E-state index < -0.39 is 24.0 Å². The second-order valence-corrected chi connectivity index (χ2v) is 17.1. The van der Waals surface area contributed by atoms with Gasteiger partial charge >= 0.3 is 0 Å². The SMILES string of the molecule is CCCc1nc(-c2cccnc2)cn2c(C(Cc3cccnc3)C(=O)N[C@@H](CC3CCCCC3)[C@@H](O)C[C@H](C(=O)NCC(C)(C)CN(C)C)C(C)C)nnc12. The van der Waals surface area contributed by atoms with E-state index >= 15 is 0 Å². The van der Waals surface area contributed by atoms with E-state index in [4.69, 9.17) is 4.98 Å². The van der Waals surface area contributed by atoms with Gasteiger partial charge in [0.25, 0.3) is 0 Å². The fourth-order valence-electron chi connectivity index (χ4n) is 8.18. The smallest absolute Gasteiger partial charge is 0.231 e. The molecule has 3 N–H and O–H groups in total. The number of aromatic nitrogens is 6. The Morgan fingerprint density at radius 1 is 1.02 bits per heavy atom. The van der Waals surface area contributed by atoms with Gasteiger partial charge in [-0.05, 0) is 80.8 Å². The number of aliphatic hydroxyl groups is 1. The molecule has 4 atom stereocenters. The highest BCUT2D eigenvalue weighted by atomic mass is 16.3. The third-order valence-corrected chi connectivity index (χ3v) is 10.9. The van der Waals surface area contributed by atoms with Gasteiger partial charge < -0.3 is 20.6 Å². The minimum atomic E-state index is -0.925. The summed E-state index contributed by atoms with van der Waals surface area (Å²) < 4.78 is 1.91. The normalized spacial score (nSPS) is 16.3. The van der Waals surface area contributed by atoms with Gasteiger partial charge in [0.15, 0.2) is 5.65 Å². The highest BCUT2D eigenvalue weighted by Gasteiger charge is 2.35. The van der Waals surface area contributed by atoms with E-state index in [0.717, 1.165) is 61.2 Å². The largest absolute Gasteiger partial charge is 0.391 e. The van der Waals surface area contributed by atoms with Crippen LogP contribution in [0.2, 0.25) is 0 Å². The summed E-state index contributed by atoms with van der Waals surface area (Å²) >= 11 is 0. The topological polar surface area (TPSA) is 151 Å². The lowest BCUT2D eigenvalue weighted by Crippen LogP contribution is -2.49. The molecule has 0 bridgehead atoms. The standard InChI is InChI=1S/C43H63N9O3/c1-8-14-35-40-50-49-39(52(40)26-37(47-35)32-18-13-20-45-25-32)34(21-31-17-12-19-44-24-31)42(55)48-36(22-30-15-10-9-11-16-30)38(53)23-33(29(2)3)41(54)46-27-43(4,5)28-51(6)7/h12-13,17-20,24-26,29-30,33-34,36,38,53H,8-11,14-16,21-23,27-28H2,1-7H3,(H,46,54)(H,48,55)/t33-,34?,36-,38-/m0/s1. The number of aliphatic hydroxyl groups excluding tert-OH is 1. The van der Waals surface area contributed by atoms with Crippen molar-refractivity contribution in [2.45, 2.75) is 117 Å². The van der Waals surface area contributed by atoms with E-state index in [1.807, 2.05) is 62.8 Å². The van der Waals surface area contributed by atoms with Crippen molar-refractivity contribution in [3.05, 3.63) is 72.3 Å². The lowest BCUT2D eigenvalue weighted by molar-refractivity contribution is -0.128. The minimum Gasteiger partial charge on any atom is -0.391 e. The molecule has 4 aromatic rings. The van der Waals surface area contributed by atoms with Crippen LogP contribution in [0.1, 0.15) is 109 Å². The maximum Gasteiger partial charge on any atom is 0.231 e. The Labute approximate surface area is 327 Å². The first-order chi connectivity index (χ1) is 26.3. The van der Waals surface area contributed by atoms with Gasteiger partial charge in [-0.2, -0.15) is 0 Å². The summed E-state index contributed by atoms with van der Waals surface area (Å²) in [5.41, 5.74) is 3.77. The number of hydrogen-bond acceptors (Lipinski definition) is 9. The fraction of sp³-hybridized carbons (Fsp3) is 0.605. The van der Waals surface area contributed by atoms with Crippen LogP contribution in [-0.2, 0) is 22.4 Å². The Bertz CT molecular complexity index is 1810. The molecule has 1 saturated carbocycles. The average Bonchev–Trinajstić information content (AvgIpc) is 3.59. The van der Waals surface area contributed by atoms with E-state index in [9.17, 15) is 14.7 Å². The Balaban J connectivity index is 1.47. The molecule has 0 radical (unpaired) electrons. The molecule has 0 aliphatic heterocycles. The van der Waals surface area contributed by atoms with Crippen LogP contribution < -0.4 is 10.6 Å². The van der Waals surface area contributed by atoms with Crippen LogP contribution in [0.5, 0.6) is 0 Å². The van der Waals surface area contributed by atoms with Gasteiger partial charge in [0.05, 0.1) is 23.5 Å². The molecule has 0 spiro atoms. The number of nitrogens with zero attached hydrogens (tertiary/aromatic N) is 7. The number of aryl methyl sites for hydroxylation is 1. The molecule has 2 amide bonds. The Kier molecular flexibility index (Phi) is 14.9. The summed E-state index contributed by atoms with van der Waals surface area (Å²) in [4.78, 5) is 44.3. The average molecular weight is 754 g/mol. The van der Waals surface area contributed by atoms with Crippen molar-refractivity contribution in [1.29, 1.82) is 0 Å². The van der Waals surface area contributed by atoms with Crippen molar-refractivity contribution in [3.8, 4) is 11.3 Å². The van der Waals surface area contributed by atoms with Gasteiger partial charge in [-0.3, -0.25) is 24.0 Å². The molecule has 1 unspecified atom stereocenters. The number of rotatable bonds is 19. The molecule has 1 fully saturated rings. The quantitative estimate of drug-likeness (QED) is 0.104. The van der Waals surface area contributed by atoms with Crippen LogP contribution in [0.4, 0.5) is 0 Å². The number of nitrogens with one attached hydrogen (secondary N) is 2. The predicted octanol–water partition coefficient (Wildman–Crippen LogP) is 6.04. The summed E-state index contributed by atoms with van der Waals surface area (Å²) in [6.07, 6.45) is 16.4. The molecule has 0 aromatic carbocycles. The highest BCUT2D eigenvalue weighted by molar-refractivity contribution is 5.84. The third kappa shape index (κ3) is 11.6. The first kappa shape index (κ1) is 41.9. The molecule has 4 aromatic heterocycles. The zero-order valence-corrected chi connectivity index (χ0v) is 34.0. The number of amides is 2. The molecular weight excluding hydrogens is 691 g/mol. The summed E-state index contributed by atoms with van der Waals surface area (Å²) in [7, 11) is 4.07. The van der Waals surface area contributed by atoms with E-state index in [2.05, 4.69) is 56.5 Å². The van der Waals surface area contributed by atoms with Crippen molar-refractivity contribution in [2.75, 3.05) is 27.2 Å². The molecular formula is C43H63N9O3. The van der Waals surface area contributed by atoms with Crippen molar-refractivity contribution in [1.82, 2.24) is 45.1 Å². The Hall–Kier alpha value is -4.29. The predicted molar refractivity (Wildman–Crippen MR) is 216 cm³/mol. The number of carbonyl (C=O) groups excluding carboxylic acids is 2. The van der Waals surface area contributed by atoms with E-state index in [1.165, 1.54) is 6.42 Å². The number of carbonyl (C=O) groups is 2. The first-order valence-electron chi connectivity index (χ1n) is 20.3. The summed E-state index contributed by atoms with van der Waals surface area (Å²) in [5, 5.41) is 27.9. The number of hydrogen-bond donors (Lipinski definition) is 3. The third-order valence-electron chi connectivity index (χ3n) is 10.9. The molecule has 1 aliphatic rings. The number of fused-ring (bicyclic) bond motifs is 1. The van der Waals surface area contributed by atoms with E-state index in [1.54, 1.807) is 24.8 Å². The summed E-state index contributed by atoms with van der Waals surface area (Å²) in [5.74, 6) is -0.605. The second-order valence-electron chi connectivity index (χ2n) is 17.1. The lowest BCUT2D eigenvalue weighted by Gasteiger charge is -2.34. The zero-order chi connectivity index (χ0) is 39.5. The van der Waals surface area contributed by atoms with Crippen LogP contribution in [-0.4, -0.2) is 90.7 Å². The van der Waals surface area contributed by atoms with Crippen LogP contribution in [0.3, 0.4) is 0 Å². The highest BCUT2D eigenvalue weighted by Crippen LogP contribution is 2.31. The molecule has 298 valence electrons.